The first-order chi connectivity index (χ1) is 26.7. The van der Waals surface area contributed by atoms with Crippen LogP contribution in [0.1, 0.15) is 144 Å². The molecule has 5 fully saturated rings. The minimum Gasteiger partial charge on any atom is -0.480 e. The number of carbonyl (C=O) groups is 3. The van der Waals surface area contributed by atoms with Gasteiger partial charge >= 0.3 is 19.1 Å². The van der Waals surface area contributed by atoms with Gasteiger partial charge in [-0.1, -0.05) is 47.5 Å². The maximum absolute atomic E-state index is 13.4. The predicted molar refractivity (Wildman–Crippen MR) is 217 cm³/mol. The lowest BCUT2D eigenvalue weighted by molar-refractivity contribution is -0.227. The van der Waals surface area contributed by atoms with Crippen LogP contribution in [0.15, 0.2) is 0 Å². The number of rotatable bonds is 18. The maximum Gasteiger partial charge on any atom is 0.451 e. The Bertz CT molecular complexity index is 1380. The lowest BCUT2D eigenvalue weighted by atomic mass is 9.40. The fourth-order valence-corrected chi connectivity index (χ4v) is 12.6. The van der Waals surface area contributed by atoms with Gasteiger partial charge in [-0.25, -0.2) is 4.79 Å². The van der Waals surface area contributed by atoms with Gasteiger partial charge in [0.25, 0.3) is 0 Å². The number of piperidine rings is 1. The molecule has 13 nitrogen and oxygen atoms in total. The molecule has 1 saturated heterocycles. The number of carboxylic acid groups (broad SMARTS) is 1. The lowest BCUT2D eigenvalue weighted by Crippen LogP contribution is -2.64. The summed E-state index contributed by atoms with van der Waals surface area (Å²) in [6.45, 7) is 12.6. The Balaban J connectivity index is 1.05. The van der Waals surface area contributed by atoms with E-state index in [1.54, 1.807) is 0 Å². The number of aliphatic carboxylic acids is 1. The molecule has 4 saturated carbocycles. The third kappa shape index (κ3) is 10.2. The van der Waals surface area contributed by atoms with E-state index in [4.69, 9.17) is 20.5 Å². The highest BCUT2D eigenvalue weighted by molar-refractivity contribution is 6.40. The standard InChI is InChI=1S/C43H76BN3O10/c1-27(2)37(38(51)57-30-15-23-47(24-16-30)22-8-18-42(45,39(52)53)17-6-7-21-44(55)56)46-35(50)12-9-28(3)31-10-11-33-36-32(14-20-43(31,33)54)41(5)19-13-29(48)25-40(41,4)26-34(36)49/h27-34,36-37,48-49,54-56H,6-26,45H2,1-5H3,(H,46,50)(H,52,53)/t28-,29-,31-,32+,33+,34-,36-,37+,40+,41-,42?,43+/m0/s1. The zero-order valence-electron chi connectivity index (χ0n) is 35.5. The molecule has 57 heavy (non-hydrogen) atoms. The van der Waals surface area contributed by atoms with Crippen LogP contribution < -0.4 is 11.1 Å². The molecule has 5 aliphatic rings. The summed E-state index contributed by atoms with van der Waals surface area (Å²) in [7, 11) is -1.40. The van der Waals surface area contributed by atoms with Crippen LogP contribution in [0.4, 0.5) is 0 Å². The number of amides is 1. The van der Waals surface area contributed by atoms with E-state index in [2.05, 4.69) is 31.0 Å². The summed E-state index contributed by atoms with van der Waals surface area (Å²) in [5, 5.41) is 65.4. The number of carboxylic acids is 1. The van der Waals surface area contributed by atoms with E-state index in [9.17, 15) is 34.8 Å². The number of nitrogens with two attached hydrogens (primary N) is 1. The highest BCUT2D eigenvalue weighted by atomic mass is 16.5. The second-order valence-corrected chi connectivity index (χ2v) is 20.2. The molecule has 0 aromatic heterocycles. The topological polar surface area (TPSA) is 223 Å². The summed E-state index contributed by atoms with van der Waals surface area (Å²) < 4.78 is 5.93. The van der Waals surface area contributed by atoms with E-state index in [-0.39, 0.29) is 77.7 Å². The Morgan fingerprint density at radius 3 is 2.26 bits per heavy atom. The average Bonchev–Trinajstić information content (AvgIpc) is 3.49. The number of aliphatic hydroxyl groups is 3. The van der Waals surface area contributed by atoms with Crippen LogP contribution in [0, 0.1) is 46.3 Å². The first kappa shape index (κ1) is 46.3. The normalized spacial score (nSPS) is 36.6. The quantitative estimate of drug-likeness (QED) is 0.0562. The maximum atomic E-state index is 13.4. The SMILES string of the molecule is CC(C)[C@@H](NC(=O)CC[C@H](C)[C@@H]1CC[C@@H]2[C@@H]3[C@@H](CC[C@]21O)[C@]1(C)CC[C@H](O)C[C@]1(C)C[C@@H]3O)C(=O)OC1CCN(CCCC(N)(CCCCB(O)O)C(=O)O)CC1. The molecule has 0 spiro atoms. The summed E-state index contributed by atoms with van der Waals surface area (Å²) >= 11 is 0. The van der Waals surface area contributed by atoms with E-state index >= 15 is 0 Å². The van der Waals surface area contributed by atoms with Crippen molar-refractivity contribution in [1.82, 2.24) is 10.2 Å². The monoisotopic (exact) mass is 806 g/mol. The van der Waals surface area contributed by atoms with Gasteiger partial charge in [-0.2, -0.15) is 0 Å². The molecule has 0 radical (unpaired) electrons. The molecule has 0 aromatic rings. The Morgan fingerprint density at radius 2 is 1.61 bits per heavy atom. The summed E-state index contributed by atoms with van der Waals surface area (Å²) in [6.07, 6.45) is 9.92. The van der Waals surface area contributed by atoms with Gasteiger partial charge in [0.1, 0.15) is 17.7 Å². The average molecular weight is 806 g/mol. The van der Waals surface area contributed by atoms with Crippen molar-refractivity contribution in [3.05, 3.63) is 0 Å². The minimum atomic E-state index is -1.40. The van der Waals surface area contributed by atoms with Crippen molar-refractivity contribution in [3.63, 3.8) is 0 Å². The van der Waals surface area contributed by atoms with E-state index in [0.29, 0.717) is 83.3 Å². The van der Waals surface area contributed by atoms with Crippen LogP contribution in [0.25, 0.3) is 0 Å². The Labute approximate surface area is 341 Å². The third-order valence-corrected chi connectivity index (χ3v) is 16.3. The van der Waals surface area contributed by atoms with Crippen LogP contribution >= 0.6 is 0 Å². The Kier molecular flexibility index (Phi) is 15.3. The molecule has 0 aromatic carbocycles. The van der Waals surface area contributed by atoms with Crippen LogP contribution in [0.5, 0.6) is 0 Å². The number of carbonyl (C=O) groups excluding carboxylic acids is 2. The van der Waals surface area contributed by atoms with Gasteiger partial charge in [0, 0.05) is 19.5 Å². The lowest BCUT2D eigenvalue weighted by Gasteiger charge is -2.66. The van der Waals surface area contributed by atoms with E-state index in [0.717, 1.165) is 38.5 Å². The zero-order valence-corrected chi connectivity index (χ0v) is 35.5. The van der Waals surface area contributed by atoms with Crippen molar-refractivity contribution >= 4 is 25.0 Å². The molecule has 326 valence electrons. The molecule has 4 aliphatic carbocycles. The number of ether oxygens (including phenoxy) is 1. The first-order valence-corrected chi connectivity index (χ1v) is 22.4. The van der Waals surface area contributed by atoms with Crippen molar-refractivity contribution in [1.29, 1.82) is 0 Å². The molecule has 14 heteroatoms. The van der Waals surface area contributed by atoms with Crippen molar-refractivity contribution < 1.29 is 49.6 Å². The fraction of sp³-hybridized carbons (Fsp3) is 0.930. The largest absolute Gasteiger partial charge is 0.480 e. The van der Waals surface area contributed by atoms with Crippen molar-refractivity contribution in [2.45, 2.75) is 186 Å². The summed E-state index contributed by atoms with van der Waals surface area (Å²) in [6, 6.07) is -0.767. The van der Waals surface area contributed by atoms with Crippen LogP contribution in [0.3, 0.4) is 0 Å². The molecule has 5 rings (SSSR count). The summed E-state index contributed by atoms with van der Waals surface area (Å²) in [4.78, 5) is 40.8. The number of hydrogen-bond donors (Lipinski definition) is 8. The van der Waals surface area contributed by atoms with Crippen LogP contribution in [-0.2, 0) is 19.1 Å². The number of esters is 1. The number of nitrogens with zero attached hydrogens (tertiary/aromatic N) is 1. The molecular weight excluding hydrogens is 729 g/mol. The Hall–Kier alpha value is -1.81. The smallest absolute Gasteiger partial charge is 0.451 e. The van der Waals surface area contributed by atoms with Gasteiger partial charge < -0.3 is 51.2 Å². The number of nitrogens with one attached hydrogen (secondary N) is 1. The molecule has 1 heterocycles. The van der Waals surface area contributed by atoms with Crippen LogP contribution in [0.2, 0.25) is 6.32 Å². The number of aliphatic hydroxyl groups excluding tert-OH is 2. The van der Waals surface area contributed by atoms with E-state index in [1.165, 1.54) is 0 Å². The van der Waals surface area contributed by atoms with Crippen molar-refractivity contribution in [2.24, 2.45) is 52.1 Å². The van der Waals surface area contributed by atoms with Gasteiger partial charge in [0.05, 0.1) is 17.8 Å². The van der Waals surface area contributed by atoms with Crippen molar-refractivity contribution in [2.75, 3.05) is 19.6 Å². The number of likely N-dealkylation sites (tertiary alicyclic amines) is 1. The molecule has 1 amide bonds. The Morgan fingerprint density at radius 1 is 0.930 bits per heavy atom. The molecular formula is C43H76BN3O10. The van der Waals surface area contributed by atoms with Gasteiger partial charge in [0.2, 0.25) is 5.91 Å². The van der Waals surface area contributed by atoms with E-state index in [1.807, 2.05) is 13.8 Å². The number of fused-ring (bicyclic) bond motifs is 5. The molecule has 1 unspecified atom stereocenters. The molecule has 1 aliphatic heterocycles. The molecule has 9 N–H and O–H groups in total. The number of unbranched alkanes of at least 4 members (excludes halogenated alkanes) is 1. The minimum absolute atomic E-state index is 0.0322. The van der Waals surface area contributed by atoms with Gasteiger partial charge in [-0.3, -0.25) is 9.59 Å². The highest BCUT2D eigenvalue weighted by Crippen LogP contribution is 2.69. The summed E-state index contributed by atoms with van der Waals surface area (Å²) in [5.74, 6) is -1.29. The zero-order chi connectivity index (χ0) is 41.9. The van der Waals surface area contributed by atoms with Gasteiger partial charge in [-0.15, -0.1) is 0 Å². The second-order valence-electron chi connectivity index (χ2n) is 20.2. The molecule has 0 bridgehead atoms. The van der Waals surface area contributed by atoms with Crippen LogP contribution in [-0.4, -0.2) is 115 Å². The first-order valence-electron chi connectivity index (χ1n) is 22.4. The van der Waals surface area contributed by atoms with E-state index < -0.39 is 42.3 Å². The number of hydrogen-bond acceptors (Lipinski definition) is 11. The second kappa shape index (κ2) is 18.9. The van der Waals surface area contributed by atoms with Gasteiger partial charge in [-0.05, 0) is 149 Å². The summed E-state index contributed by atoms with van der Waals surface area (Å²) in [5.41, 5.74) is 3.93. The molecule has 12 atom stereocenters. The van der Waals surface area contributed by atoms with Crippen molar-refractivity contribution in [3.8, 4) is 0 Å². The highest BCUT2D eigenvalue weighted by Gasteiger charge is 2.66. The third-order valence-electron chi connectivity index (χ3n) is 16.3. The van der Waals surface area contributed by atoms with Gasteiger partial charge in [0.15, 0.2) is 0 Å². The predicted octanol–water partition coefficient (Wildman–Crippen LogP) is 3.86. The fourth-order valence-electron chi connectivity index (χ4n) is 12.6.